The summed E-state index contributed by atoms with van der Waals surface area (Å²) in [6, 6.07) is 6.12. The fourth-order valence-corrected chi connectivity index (χ4v) is 3.29. The average molecular weight is 349 g/mol. The Labute approximate surface area is 144 Å². The second kappa shape index (κ2) is 7.72. The molecule has 1 fully saturated rings. The first kappa shape index (κ1) is 16.9. The fourth-order valence-electron chi connectivity index (χ4n) is 2.65. The van der Waals surface area contributed by atoms with Crippen LogP contribution in [0.3, 0.4) is 0 Å². The molecule has 0 spiro atoms. The van der Waals surface area contributed by atoms with Crippen molar-refractivity contribution in [2.45, 2.75) is 19.4 Å². The third kappa shape index (κ3) is 4.30. The molecule has 2 aromatic rings. The van der Waals surface area contributed by atoms with E-state index in [1.54, 1.807) is 28.4 Å². The number of hydrogen-bond acceptors (Lipinski definition) is 4. The molecule has 1 saturated heterocycles. The minimum Gasteiger partial charge on any atom is -0.370 e. The monoisotopic (exact) mass is 349 g/mol. The highest BCUT2D eigenvalue weighted by molar-refractivity contribution is 7.09. The lowest BCUT2D eigenvalue weighted by Gasteiger charge is -2.33. The third-order valence-corrected chi connectivity index (χ3v) is 4.74. The number of carbonyl (C=O) groups is 1. The number of thiazole rings is 1. The largest absolute Gasteiger partial charge is 0.370 e. The number of amides is 2. The van der Waals surface area contributed by atoms with Crippen LogP contribution in [-0.4, -0.2) is 42.2 Å². The van der Waals surface area contributed by atoms with Gasteiger partial charge in [-0.2, -0.15) is 0 Å². The molecular weight excluding hydrogens is 329 g/mol. The number of rotatable bonds is 4. The molecular formula is C17H20FN3O2S. The summed E-state index contributed by atoms with van der Waals surface area (Å²) in [5.41, 5.74) is 1.89. The van der Waals surface area contributed by atoms with Crippen LogP contribution in [0.1, 0.15) is 22.4 Å². The lowest BCUT2D eigenvalue weighted by Crippen LogP contribution is -2.47. The quantitative estimate of drug-likeness (QED) is 0.923. The molecule has 0 bridgehead atoms. The van der Waals surface area contributed by atoms with Gasteiger partial charge >= 0.3 is 6.03 Å². The zero-order chi connectivity index (χ0) is 16.9. The van der Waals surface area contributed by atoms with E-state index in [0.717, 1.165) is 22.7 Å². The normalized spacial score (nSPS) is 17.8. The SMILES string of the molecule is Cc1nc(CCNC(=O)N2CCO[C@@H](c3ccc(F)cc3)C2)cs1. The summed E-state index contributed by atoms with van der Waals surface area (Å²) in [6.07, 6.45) is 0.508. The molecule has 3 rings (SSSR count). The molecule has 24 heavy (non-hydrogen) atoms. The molecule has 1 N–H and O–H groups in total. The van der Waals surface area contributed by atoms with Crippen molar-refractivity contribution in [3.8, 4) is 0 Å². The van der Waals surface area contributed by atoms with E-state index in [-0.39, 0.29) is 18.0 Å². The van der Waals surface area contributed by atoms with Crippen molar-refractivity contribution < 1.29 is 13.9 Å². The van der Waals surface area contributed by atoms with Crippen molar-refractivity contribution in [1.29, 1.82) is 0 Å². The molecule has 1 atom stereocenters. The molecule has 0 aliphatic carbocycles. The van der Waals surface area contributed by atoms with Gasteiger partial charge in [-0.15, -0.1) is 11.3 Å². The molecule has 128 valence electrons. The van der Waals surface area contributed by atoms with Crippen molar-refractivity contribution in [3.05, 3.63) is 51.7 Å². The summed E-state index contributed by atoms with van der Waals surface area (Å²) in [4.78, 5) is 18.4. The molecule has 0 unspecified atom stereocenters. The number of hydrogen-bond donors (Lipinski definition) is 1. The summed E-state index contributed by atoms with van der Waals surface area (Å²) in [5.74, 6) is -0.276. The van der Waals surface area contributed by atoms with Crippen molar-refractivity contribution in [1.82, 2.24) is 15.2 Å². The maximum Gasteiger partial charge on any atom is 0.317 e. The number of carbonyl (C=O) groups excluding carboxylic acids is 1. The van der Waals surface area contributed by atoms with E-state index in [9.17, 15) is 9.18 Å². The first-order valence-electron chi connectivity index (χ1n) is 7.92. The highest BCUT2D eigenvalue weighted by Gasteiger charge is 2.25. The Kier molecular flexibility index (Phi) is 5.42. The molecule has 2 amide bonds. The van der Waals surface area contributed by atoms with Gasteiger partial charge in [-0.05, 0) is 24.6 Å². The van der Waals surface area contributed by atoms with E-state index in [4.69, 9.17) is 4.74 Å². The van der Waals surface area contributed by atoms with Gasteiger partial charge in [-0.3, -0.25) is 0 Å². The smallest absolute Gasteiger partial charge is 0.317 e. The summed E-state index contributed by atoms with van der Waals surface area (Å²) in [5, 5.41) is 5.98. The zero-order valence-corrected chi connectivity index (χ0v) is 14.3. The number of aryl methyl sites for hydroxylation is 1. The Hall–Kier alpha value is -1.99. The maximum absolute atomic E-state index is 13.0. The van der Waals surface area contributed by atoms with Gasteiger partial charge in [0.2, 0.25) is 0 Å². The van der Waals surface area contributed by atoms with Gasteiger partial charge in [0.05, 0.1) is 23.9 Å². The van der Waals surface area contributed by atoms with Crippen LogP contribution in [-0.2, 0) is 11.2 Å². The average Bonchev–Trinajstić information content (AvgIpc) is 3.01. The van der Waals surface area contributed by atoms with Crippen LogP contribution in [0.2, 0.25) is 0 Å². The fraction of sp³-hybridized carbons (Fsp3) is 0.412. The summed E-state index contributed by atoms with van der Waals surface area (Å²) in [6.45, 7) is 4.02. The van der Waals surface area contributed by atoms with Crippen LogP contribution >= 0.6 is 11.3 Å². The van der Waals surface area contributed by atoms with Crippen LogP contribution in [0.15, 0.2) is 29.6 Å². The lowest BCUT2D eigenvalue weighted by atomic mass is 10.1. The molecule has 5 nitrogen and oxygen atoms in total. The molecule has 0 saturated carbocycles. The number of halogens is 1. The van der Waals surface area contributed by atoms with E-state index in [2.05, 4.69) is 10.3 Å². The lowest BCUT2D eigenvalue weighted by molar-refractivity contribution is -0.0154. The first-order valence-corrected chi connectivity index (χ1v) is 8.80. The number of morpholine rings is 1. The van der Waals surface area contributed by atoms with Crippen LogP contribution in [0.4, 0.5) is 9.18 Å². The third-order valence-electron chi connectivity index (χ3n) is 3.92. The molecule has 0 radical (unpaired) electrons. The Balaban J connectivity index is 1.50. The molecule has 7 heteroatoms. The first-order chi connectivity index (χ1) is 11.6. The number of benzene rings is 1. The van der Waals surface area contributed by atoms with Crippen molar-refractivity contribution in [3.63, 3.8) is 0 Å². The van der Waals surface area contributed by atoms with Crippen LogP contribution in [0, 0.1) is 12.7 Å². The van der Waals surface area contributed by atoms with Gasteiger partial charge in [0.15, 0.2) is 0 Å². The summed E-state index contributed by atoms with van der Waals surface area (Å²) in [7, 11) is 0. The van der Waals surface area contributed by atoms with Crippen LogP contribution < -0.4 is 5.32 Å². The minimum atomic E-state index is -0.276. The predicted octanol–water partition coefficient (Wildman–Crippen LogP) is 2.92. The molecule has 2 heterocycles. The maximum atomic E-state index is 13.0. The topological polar surface area (TPSA) is 54.5 Å². The number of nitrogens with zero attached hydrogens (tertiary/aromatic N) is 2. The van der Waals surface area contributed by atoms with Gasteiger partial charge in [-0.1, -0.05) is 12.1 Å². The highest BCUT2D eigenvalue weighted by atomic mass is 32.1. The van der Waals surface area contributed by atoms with Crippen molar-refractivity contribution in [2.24, 2.45) is 0 Å². The second-order valence-corrected chi connectivity index (χ2v) is 6.76. The summed E-state index contributed by atoms with van der Waals surface area (Å²) >= 11 is 1.61. The summed E-state index contributed by atoms with van der Waals surface area (Å²) < 4.78 is 18.7. The Bertz CT molecular complexity index is 689. The van der Waals surface area contributed by atoms with Crippen molar-refractivity contribution >= 4 is 17.4 Å². The Morgan fingerprint density at radius 1 is 1.46 bits per heavy atom. The van der Waals surface area contributed by atoms with Gasteiger partial charge in [-0.25, -0.2) is 14.2 Å². The second-order valence-electron chi connectivity index (χ2n) is 5.70. The number of nitrogens with one attached hydrogen (secondary N) is 1. The minimum absolute atomic E-state index is 0.0997. The van der Waals surface area contributed by atoms with Crippen molar-refractivity contribution in [2.75, 3.05) is 26.2 Å². The van der Waals surface area contributed by atoms with Gasteiger partial charge in [0.25, 0.3) is 0 Å². The van der Waals surface area contributed by atoms with E-state index in [1.165, 1.54) is 12.1 Å². The Morgan fingerprint density at radius 3 is 2.96 bits per heavy atom. The van der Waals surface area contributed by atoms with Gasteiger partial charge in [0.1, 0.15) is 11.9 Å². The Morgan fingerprint density at radius 2 is 2.25 bits per heavy atom. The number of ether oxygens (including phenoxy) is 1. The predicted molar refractivity (Wildman–Crippen MR) is 90.6 cm³/mol. The molecule has 1 aliphatic rings. The number of aromatic nitrogens is 1. The van der Waals surface area contributed by atoms with Crippen LogP contribution in [0.25, 0.3) is 0 Å². The molecule has 1 aromatic heterocycles. The van der Waals surface area contributed by atoms with E-state index < -0.39 is 0 Å². The standard InChI is InChI=1S/C17H20FN3O2S/c1-12-20-15(11-24-12)6-7-19-17(22)21-8-9-23-16(10-21)13-2-4-14(18)5-3-13/h2-5,11,16H,6-10H2,1H3,(H,19,22)/t16-/m1/s1. The van der Waals surface area contributed by atoms with Crippen LogP contribution in [0.5, 0.6) is 0 Å². The van der Waals surface area contributed by atoms with E-state index >= 15 is 0 Å². The molecule has 1 aliphatic heterocycles. The van der Waals surface area contributed by atoms with E-state index in [1.807, 2.05) is 12.3 Å². The number of urea groups is 1. The zero-order valence-electron chi connectivity index (χ0n) is 13.5. The van der Waals surface area contributed by atoms with Gasteiger partial charge in [0, 0.05) is 24.9 Å². The van der Waals surface area contributed by atoms with E-state index in [0.29, 0.717) is 26.2 Å². The highest BCUT2D eigenvalue weighted by Crippen LogP contribution is 2.22. The van der Waals surface area contributed by atoms with Gasteiger partial charge < -0.3 is 15.0 Å². The molecule has 1 aromatic carbocycles.